The zero-order valence-electron chi connectivity index (χ0n) is 11.5. The molecule has 0 fully saturated rings. The summed E-state index contributed by atoms with van der Waals surface area (Å²) in [6, 6.07) is 8.49. The number of hydrogen-bond donors (Lipinski definition) is 2. The van der Waals surface area contributed by atoms with Crippen molar-refractivity contribution in [3.05, 3.63) is 65.6 Å². The van der Waals surface area contributed by atoms with Crippen LogP contribution in [0.15, 0.2) is 48.7 Å². The van der Waals surface area contributed by atoms with Crippen LogP contribution in [0.1, 0.15) is 15.9 Å². The number of benzene rings is 2. The maximum atomic E-state index is 13.3. The number of aromatic amines is 1. The third-order valence-corrected chi connectivity index (χ3v) is 3.37. The van der Waals surface area contributed by atoms with E-state index in [0.29, 0.717) is 10.9 Å². The third-order valence-electron chi connectivity index (χ3n) is 3.37. The molecule has 0 aliphatic heterocycles. The van der Waals surface area contributed by atoms with Gasteiger partial charge in [0.1, 0.15) is 5.82 Å². The SMILES string of the molecule is O=C(Nc1ccccc1C(F)(F)F)c1c[nH]c2ccc(F)cc12. The zero-order chi connectivity index (χ0) is 16.6. The lowest BCUT2D eigenvalue weighted by Crippen LogP contribution is -2.16. The van der Waals surface area contributed by atoms with Crippen molar-refractivity contribution < 1.29 is 22.4 Å². The summed E-state index contributed by atoms with van der Waals surface area (Å²) in [5.74, 6) is -1.29. The number of para-hydroxylation sites is 1. The molecule has 23 heavy (non-hydrogen) atoms. The van der Waals surface area contributed by atoms with Gasteiger partial charge < -0.3 is 10.3 Å². The Morgan fingerprint density at radius 3 is 2.57 bits per heavy atom. The van der Waals surface area contributed by atoms with E-state index < -0.39 is 23.5 Å². The highest BCUT2D eigenvalue weighted by atomic mass is 19.4. The molecule has 3 nitrogen and oxygen atoms in total. The number of H-pyrrole nitrogens is 1. The molecular formula is C16H10F4N2O. The van der Waals surface area contributed by atoms with E-state index >= 15 is 0 Å². The summed E-state index contributed by atoms with van der Waals surface area (Å²) in [6.45, 7) is 0. The molecule has 2 N–H and O–H groups in total. The molecule has 1 heterocycles. The lowest BCUT2D eigenvalue weighted by Gasteiger charge is -2.13. The van der Waals surface area contributed by atoms with Gasteiger partial charge in [0.05, 0.1) is 16.8 Å². The normalized spacial score (nSPS) is 11.7. The molecule has 0 saturated carbocycles. The molecule has 0 spiro atoms. The first-order chi connectivity index (χ1) is 10.9. The van der Waals surface area contributed by atoms with Crippen molar-refractivity contribution in [3.63, 3.8) is 0 Å². The molecule has 2 aromatic carbocycles. The molecule has 0 radical (unpaired) electrons. The maximum Gasteiger partial charge on any atom is 0.418 e. The van der Waals surface area contributed by atoms with Crippen molar-refractivity contribution in [1.29, 1.82) is 0 Å². The summed E-state index contributed by atoms with van der Waals surface area (Å²) in [5.41, 5.74) is -0.716. The summed E-state index contributed by atoms with van der Waals surface area (Å²) in [4.78, 5) is 15.0. The highest BCUT2D eigenvalue weighted by molar-refractivity contribution is 6.13. The van der Waals surface area contributed by atoms with Crippen molar-refractivity contribution in [2.24, 2.45) is 0 Å². The number of fused-ring (bicyclic) bond motifs is 1. The number of amides is 1. The number of aromatic nitrogens is 1. The summed E-state index contributed by atoms with van der Waals surface area (Å²) in [5, 5.41) is 2.53. The topological polar surface area (TPSA) is 44.9 Å². The highest BCUT2D eigenvalue weighted by Gasteiger charge is 2.33. The first kappa shape index (κ1) is 15.1. The van der Waals surface area contributed by atoms with Crippen LogP contribution in [-0.2, 0) is 6.18 Å². The quantitative estimate of drug-likeness (QED) is 0.667. The number of carbonyl (C=O) groups is 1. The fourth-order valence-corrected chi connectivity index (χ4v) is 2.31. The second-order valence-corrected chi connectivity index (χ2v) is 4.89. The number of alkyl halides is 3. The van der Waals surface area contributed by atoms with Crippen LogP contribution >= 0.6 is 0 Å². The van der Waals surface area contributed by atoms with Crippen LogP contribution in [0.25, 0.3) is 10.9 Å². The molecule has 0 unspecified atom stereocenters. The Labute approximate surface area is 127 Å². The lowest BCUT2D eigenvalue weighted by atomic mass is 10.1. The van der Waals surface area contributed by atoms with Gasteiger partial charge in [0.15, 0.2) is 0 Å². The minimum Gasteiger partial charge on any atom is -0.360 e. The van der Waals surface area contributed by atoms with Crippen LogP contribution in [0.4, 0.5) is 23.2 Å². The number of hydrogen-bond acceptors (Lipinski definition) is 1. The van der Waals surface area contributed by atoms with Crippen LogP contribution in [0.2, 0.25) is 0 Å². The van der Waals surface area contributed by atoms with Gasteiger partial charge in [0.2, 0.25) is 0 Å². The van der Waals surface area contributed by atoms with E-state index in [2.05, 4.69) is 10.3 Å². The molecule has 0 saturated heterocycles. The standard InChI is InChI=1S/C16H10F4N2O/c17-9-5-6-13-10(7-9)11(8-21-13)15(23)22-14-4-2-1-3-12(14)16(18,19)20/h1-8,21H,(H,22,23). The largest absolute Gasteiger partial charge is 0.418 e. The van der Waals surface area contributed by atoms with Crippen LogP contribution in [0.3, 0.4) is 0 Å². The Morgan fingerprint density at radius 1 is 1.09 bits per heavy atom. The third kappa shape index (κ3) is 2.90. The van der Waals surface area contributed by atoms with Gasteiger partial charge in [0.25, 0.3) is 5.91 Å². The average Bonchev–Trinajstić information content (AvgIpc) is 2.89. The monoisotopic (exact) mass is 322 g/mol. The lowest BCUT2D eigenvalue weighted by molar-refractivity contribution is -0.136. The summed E-state index contributed by atoms with van der Waals surface area (Å²) < 4.78 is 52.1. The van der Waals surface area contributed by atoms with Gasteiger partial charge in [-0.05, 0) is 30.3 Å². The van der Waals surface area contributed by atoms with E-state index in [1.54, 1.807) is 0 Å². The van der Waals surface area contributed by atoms with Crippen LogP contribution in [0, 0.1) is 5.82 Å². The fraction of sp³-hybridized carbons (Fsp3) is 0.0625. The Hall–Kier alpha value is -2.83. The van der Waals surface area contributed by atoms with E-state index in [4.69, 9.17) is 0 Å². The molecule has 1 aromatic heterocycles. The van der Waals surface area contributed by atoms with Crippen molar-refractivity contribution in [2.75, 3.05) is 5.32 Å². The predicted octanol–water partition coefficient (Wildman–Crippen LogP) is 4.58. The average molecular weight is 322 g/mol. The van der Waals surface area contributed by atoms with E-state index in [1.165, 1.54) is 30.5 Å². The van der Waals surface area contributed by atoms with Gasteiger partial charge in [-0.3, -0.25) is 4.79 Å². The number of rotatable bonds is 2. The Kier molecular flexibility index (Phi) is 3.55. The van der Waals surface area contributed by atoms with Gasteiger partial charge in [-0.2, -0.15) is 13.2 Å². The van der Waals surface area contributed by atoms with Crippen molar-refractivity contribution >= 4 is 22.5 Å². The molecule has 0 aliphatic rings. The molecular weight excluding hydrogens is 312 g/mol. The maximum absolute atomic E-state index is 13.3. The van der Waals surface area contributed by atoms with Crippen LogP contribution in [-0.4, -0.2) is 10.9 Å². The minimum atomic E-state index is -4.59. The minimum absolute atomic E-state index is 0.0662. The van der Waals surface area contributed by atoms with E-state index in [0.717, 1.165) is 18.2 Å². The number of halogens is 4. The molecule has 118 valence electrons. The Bertz CT molecular complexity index is 883. The number of carbonyl (C=O) groups excluding carboxylic acids is 1. The van der Waals surface area contributed by atoms with Gasteiger partial charge in [-0.1, -0.05) is 12.1 Å². The molecule has 1 amide bonds. The van der Waals surface area contributed by atoms with Gasteiger partial charge >= 0.3 is 6.18 Å². The molecule has 0 atom stereocenters. The molecule has 7 heteroatoms. The Balaban J connectivity index is 1.98. The van der Waals surface area contributed by atoms with Crippen molar-refractivity contribution in [2.45, 2.75) is 6.18 Å². The van der Waals surface area contributed by atoms with E-state index in [9.17, 15) is 22.4 Å². The van der Waals surface area contributed by atoms with Crippen molar-refractivity contribution in [1.82, 2.24) is 4.98 Å². The molecule has 0 bridgehead atoms. The number of anilines is 1. The summed E-state index contributed by atoms with van der Waals surface area (Å²) in [6.07, 6.45) is -3.26. The van der Waals surface area contributed by atoms with Crippen LogP contribution in [0.5, 0.6) is 0 Å². The molecule has 0 aliphatic carbocycles. The van der Waals surface area contributed by atoms with Gasteiger partial charge in [-0.25, -0.2) is 4.39 Å². The highest BCUT2D eigenvalue weighted by Crippen LogP contribution is 2.35. The zero-order valence-corrected chi connectivity index (χ0v) is 11.5. The van der Waals surface area contributed by atoms with Gasteiger partial charge in [0, 0.05) is 17.1 Å². The second kappa shape index (κ2) is 5.42. The summed E-state index contributed by atoms with van der Waals surface area (Å²) in [7, 11) is 0. The Morgan fingerprint density at radius 2 is 1.83 bits per heavy atom. The predicted molar refractivity (Wildman–Crippen MR) is 77.7 cm³/mol. The van der Waals surface area contributed by atoms with Crippen LogP contribution < -0.4 is 5.32 Å². The fourth-order valence-electron chi connectivity index (χ4n) is 2.31. The smallest absolute Gasteiger partial charge is 0.360 e. The first-order valence-corrected chi connectivity index (χ1v) is 6.60. The summed E-state index contributed by atoms with van der Waals surface area (Å²) >= 11 is 0. The first-order valence-electron chi connectivity index (χ1n) is 6.60. The van der Waals surface area contributed by atoms with Crippen molar-refractivity contribution in [3.8, 4) is 0 Å². The second-order valence-electron chi connectivity index (χ2n) is 4.89. The van der Waals surface area contributed by atoms with E-state index in [1.807, 2.05) is 0 Å². The van der Waals surface area contributed by atoms with E-state index in [-0.39, 0.29) is 11.3 Å². The molecule has 3 aromatic rings. The number of nitrogens with one attached hydrogen (secondary N) is 2. The molecule has 3 rings (SSSR count). The van der Waals surface area contributed by atoms with Gasteiger partial charge in [-0.15, -0.1) is 0 Å².